The molecule has 0 aliphatic carbocycles. The zero-order chi connectivity index (χ0) is 13.6. The molecule has 0 unspecified atom stereocenters. The molecule has 0 saturated heterocycles. The molecule has 1 rings (SSSR count). The summed E-state index contributed by atoms with van der Waals surface area (Å²) in [5, 5.41) is 2.96. The Kier molecular flexibility index (Phi) is 5.60. The van der Waals surface area contributed by atoms with Crippen LogP contribution in [-0.2, 0) is 0 Å². The maximum Gasteiger partial charge on any atom is 0.252 e. The average molecular weight is 269 g/mol. The number of rotatable bonds is 6. The number of hydrogen-bond donors (Lipinski definition) is 1. The second kappa shape index (κ2) is 6.74. The summed E-state index contributed by atoms with van der Waals surface area (Å²) in [6.07, 6.45) is 5.24. The lowest BCUT2D eigenvalue weighted by Gasteiger charge is -2.29. The lowest BCUT2D eigenvalue weighted by molar-refractivity contribution is 0.0931. The van der Waals surface area contributed by atoms with Gasteiger partial charge in [0.2, 0.25) is 0 Å². The molecule has 1 heterocycles. The van der Waals surface area contributed by atoms with E-state index < -0.39 is 0 Å². The first-order valence-corrected chi connectivity index (χ1v) is 6.86. The van der Waals surface area contributed by atoms with Crippen molar-refractivity contribution in [3.8, 4) is 0 Å². The van der Waals surface area contributed by atoms with E-state index in [4.69, 9.17) is 11.6 Å². The van der Waals surface area contributed by atoms with Crippen LogP contribution in [-0.4, -0.2) is 23.3 Å². The fourth-order valence-corrected chi connectivity index (χ4v) is 2.26. The number of halogens is 1. The Hall–Kier alpha value is -1.09. The van der Waals surface area contributed by atoms with Crippen molar-refractivity contribution in [2.24, 2.45) is 5.41 Å². The highest BCUT2D eigenvalue weighted by atomic mass is 35.5. The number of nitrogens with one attached hydrogen (secondary N) is 1. The van der Waals surface area contributed by atoms with Crippen LogP contribution >= 0.6 is 11.6 Å². The molecule has 1 amide bonds. The molecule has 0 radical (unpaired) electrons. The summed E-state index contributed by atoms with van der Waals surface area (Å²) in [6, 6.07) is 1.84. The maximum atomic E-state index is 12.0. The van der Waals surface area contributed by atoms with Crippen LogP contribution in [0.5, 0.6) is 0 Å². The predicted octanol–water partition coefficient (Wildman–Crippen LogP) is 3.17. The summed E-state index contributed by atoms with van der Waals surface area (Å²) in [6.45, 7) is 6.74. The van der Waals surface area contributed by atoms with Crippen molar-refractivity contribution in [1.82, 2.24) is 10.3 Å². The van der Waals surface area contributed by atoms with E-state index in [-0.39, 0.29) is 11.3 Å². The third kappa shape index (κ3) is 3.70. The quantitative estimate of drug-likeness (QED) is 0.806. The Bertz CT molecular complexity index is 394. The lowest BCUT2D eigenvalue weighted by Crippen LogP contribution is -2.38. The van der Waals surface area contributed by atoms with Gasteiger partial charge in [0.05, 0.1) is 5.56 Å². The van der Waals surface area contributed by atoms with Crippen molar-refractivity contribution in [1.29, 1.82) is 0 Å². The first kappa shape index (κ1) is 15.0. The van der Waals surface area contributed by atoms with Crippen molar-refractivity contribution in [3.05, 3.63) is 29.6 Å². The number of alkyl halides is 1. The van der Waals surface area contributed by atoms with Crippen LogP contribution in [0, 0.1) is 12.3 Å². The van der Waals surface area contributed by atoms with E-state index in [1.165, 1.54) is 0 Å². The molecule has 18 heavy (non-hydrogen) atoms. The number of nitrogens with zero attached hydrogens (tertiary/aromatic N) is 1. The van der Waals surface area contributed by atoms with E-state index in [0.717, 1.165) is 18.4 Å². The van der Waals surface area contributed by atoms with Gasteiger partial charge in [0.25, 0.3) is 5.91 Å². The van der Waals surface area contributed by atoms with Crippen LogP contribution in [0.25, 0.3) is 0 Å². The molecule has 0 atom stereocenters. The molecule has 0 aliphatic rings. The Morgan fingerprint density at radius 3 is 2.56 bits per heavy atom. The van der Waals surface area contributed by atoms with Gasteiger partial charge in [0.15, 0.2) is 0 Å². The number of carbonyl (C=O) groups excluding carboxylic acids is 1. The smallest absolute Gasteiger partial charge is 0.252 e. The van der Waals surface area contributed by atoms with Crippen LogP contribution in [0.4, 0.5) is 0 Å². The second-order valence-electron chi connectivity index (χ2n) is 4.77. The van der Waals surface area contributed by atoms with Crippen molar-refractivity contribution in [3.63, 3.8) is 0 Å². The van der Waals surface area contributed by atoms with Gasteiger partial charge in [-0.05, 0) is 31.4 Å². The van der Waals surface area contributed by atoms with Crippen molar-refractivity contribution in [2.75, 3.05) is 12.4 Å². The highest BCUT2D eigenvalue weighted by Gasteiger charge is 2.25. The van der Waals surface area contributed by atoms with Gasteiger partial charge in [-0.25, -0.2) is 0 Å². The maximum absolute atomic E-state index is 12.0. The monoisotopic (exact) mass is 268 g/mol. The molecule has 1 aromatic rings. The summed E-state index contributed by atoms with van der Waals surface area (Å²) < 4.78 is 0. The number of hydrogen-bond acceptors (Lipinski definition) is 2. The minimum Gasteiger partial charge on any atom is -0.351 e. The molecule has 1 N–H and O–H groups in total. The molecule has 0 bridgehead atoms. The van der Waals surface area contributed by atoms with Gasteiger partial charge < -0.3 is 5.32 Å². The third-order valence-corrected chi connectivity index (χ3v) is 4.11. The van der Waals surface area contributed by atoms with E-state index in [2.05, 4.69) is 24.1 Å². The van der Waals surface area contributed by atoms with E-state index in [0.29, 0.717) is 18.0 Å². The third-order valence-electron chi connectivity index (χ3n) is 3.54. The molecule has 0 aromatic carbocycles. The fourth-order valence-electron chi connectivity index (χ4n) is 1.79. The van der Waals surface area contributed by atoms with Gasteiger partial charge in [-0.1, -0.05) is 13.8 Å². The summed E-state index contributed by atoms with van der Waals surface area (Å²) in [4.78, 5) is 16.0. The highest BCUT2D eigenvalue weighted by molar-refractivity contribution is 6.18. The molecule has 1 aromatic heterocycles. The molecule has 0 fully saturated rings. The van der Waals surface area contributed by atoms with Gasteiger partial charge in [-0.15, -0.1) is 11.6 Å². The van der Waals surface area contributed by atoms with E-state index >= 15 is 0 Å². The van der Waals surface area contributed by atoms with E-state index in [1.54, 1.807) is 12.4 Å². The summed E-state index contributed by atoms with van der Waals surface area (Å²) in [5.41, 5.74) is 1.58. The zero-order valence-electron chi connectivity index (χ0n) is 11.3. The van der Waals surface area contributed by atoms with Gasteiger partial charge in [0, 0.05) is 30.2 Å². The Morgan fingerprint density at radius 1 is 1.39 bits per heavy atom. The van der Waals surface area contributed by atoms with Gasteiger partial charge in [-0.3, -0.25) is 9.78 Å². The fraction of sp³-hybridized carbons (Fsp3) is 0.571. The van der Waals surface area contributed by atoms with Crippen molar-refractivity contribution >= 4 is 17.5 Å². The largest absolute Gasteiger partial charge is 0.351 e. The van der Waals surface area contributed by atoms with Gasteiger partial charge in [0.1, 0.15) is 0 Å². The minimum atomic E-state index is -0.0809. The topological polar surface area (TPSA) is 42.0 Å². The van der Waals surface area contributed by atoms with Crippen LogP contribution in [0.15, 0.2) is 18.5 Å². The summed E-state index contributed by atoms with van der Waals surface area (Å²) in [7, 11) is 0. The van der Waals surface area contributed by atoms with Gasteiger partial charge >= 0.3 is 0 Å². The number of pyridine rings is 1. The Labute approximate surface area is 114 Å². The van der Waals surface area contributed by atoms with E-state index in [1.807, 2.05) is 13.0 Å². The molecule has 3 nitrogen and oxygen atoms in total. The summed E-state index contributed by atoms with van der Waals surface area (Å²) >= 11 is 6.02. The predicted molar refractivity (Wildman–Crippen MR) is 75.0 cm³/mol. The van der Waals surface area contributed by atoms with E-state index in [9.17, 15) is 4.79 Å². The van der Waals surface area contributed by atoms with Crippen LogP contribution in [0.2, 0.25) is 0 Å². The highest BCUT2D eigenvalue weighted by Crippen LogP contribution is 2.26. The van der Waals surface area contributed by atoms with Crippen LogP contribution in [0.3, 0.4) is 0 Å². The van der Waals surface area contributed by atoms with Crippen LogP contribution < -0.4 is 5.32 Å². The molecular formula is C14H21ClN2O. The number of aromatic nitrogens is 1. The minimum absolute atomic E-state index is 0.00549. The summed E-state index contributed by atoms with van der Waals surface area (Å²) in [5.74, 6) is 0.481. The number of carbonyl (C=O) groups is 1. The molecule has 0 aliphatic heterocycles. The standard InChI is InChI=1S/C14H21ClN2O/c1-4-14(5-2,9-15)10-17-13(18)12-6-11(3)7-16-8-12/h6-8H,4-5,9-10H2,1-3H3,(H,17,18). The molecular weight excluding hydrogens is 248 g/mol. The average Bonchev–Trinajstić information content (AvgIpc) is 2.40. The molecule has 100 valence electrons. The molecule has 0 saturated carbocycles. The Balaban J connectivity index is 2.66. The molecule has 0 spiro atoms. The Morgan fingerprint density at radius 2 is 2.06 bits per heavy atom. The van der Waals surface area contributed by atoms with Crippen molar-refractivity contribution < 1.29 is 4.79 Å². The first-order chi connectivity index (χ1) is 8.56. The normalized spacial score (nSPS) is 11.3. The SMILES string of the molecule is CCC(CC)(CCl)CNC(=O)c1cncc(C)c1. The van der Waals surface area contributed by atoms with Gasteiger partial charge in [-0.2, -0.15) is 0 Å². The lowest BCUT2D eigenvalue weighted by atomic mass is 9.84. The first-order valence-electron chi connectivity index (χ1n) is 6.32. The second-order valence-corrected chi connectivity index (χ2v) is 5.04. The van der Waals surface area contributed by atoms with Crippen LogP contribution in [0.1, 0.15) is 42.6 Å². The number of aryl methyl sites for hydroxylation is 1. The van der Waals surface area contributed by atoms with Crippen molar-refractivity contribution in [2.45, 2.75) is 33.6 Å². The molecule has 4 heteroatoms. The zero-order valence-corrected chi connectivity index (χ0v) is 12.0. The number of amides is 1.